The number of anilines is 3. The molecule has 0 fully saturated rings. The van der Waals surface area contributed by atoms with Crippen molar-refractivity contribution < 1.29 is 23.0 Å². The molecule has 0 aliphatic carbocycles. The van der Waals surface area contributed by atoms with Crippen LogP contribution in [-0.2, 0) is 0 Å². The summed E-state index contributed by atoms with van der Waals surface area (Å²) in [7, 11) is 3.09. The molecular formula is C20H17F2N3O3. The van der Waals surface area contributed by atoms with Crippen LogP contribution < -0.4 is 20.1 Å². The lowest BCUT2D eigenvalue weighted by Crippen LogP contribution is -2.14. The van der Waals surface area contributed by atoms with Crippen molar-refractivity contribution in [3.8, 4) is 11.5 Å². The summed E-state index contributed by atoms with van der Waals surface area (Å²) in [5.41, 5.74) is 1.48. The Kier molecular flexibility index (Phi) is 5.69. The number of carbonyl (C=O) groups is 1. The molecule has 0 saturated carbocycles. The van der Waals surface area contributed by atoms with Gasteiger partial charge in [0.2, 0.25) is 0 Å². The highest BCUT2D eigenvalue weighted by molar-refractivity contribution is 6.03. The Morgan fingerprint density at radius 1 is 0.929 bits per heavy atom. The van der Waals surface area contributed by atoms with Gasteiger partial charge in [-0.1, -0.05) is 0 Å². The largest absolute Gasteiger partial charge is 0.497 e. The van der Waals surface area contributed by atoms with Crippen molar-refractivity contribution >= 4 is 23.0 Å². The van der Waals surface area contributed by atoms with Gasteiger partial charge in [-0.3, -0.25) is 9.78 Å². The highest BCUT2D eigenvalue weighted by Gasteiger charge is 2.12. The van der Waals surface area contributed by atoms with Crippen LogP contribution in [0.4, 0.5) is 25.8 Å². The molecule has 0 aliphatic rings. The molecule has 0 atom stereocenters. The van der Waals surface area contributed by atoms with E-state index in [0.29, 0.717) is 22.9 Å². The van der Waals surface area contributed by atoms with E-state index in [1.807, 2.05) is 0 Å². The van der Waals surface area contributed by atoms with Crippen LogP contribution in [0.5, 0.6) is 11.5 Å². The summed E-state index contributed by atoms with van der Waals surface area (Å²) in [4.78, 5) is 16.4. The zero-order valence-corrected chi connectivity index (χ0v) is 15.1. The van der Waals surface area contributed by atoms with Gasteiger partial charge in [-0.2, -0.15) is 0 Å². The van der Waals surface area contributed by atoms with E-state index >= 15 is 0 Å². The highest BCUT2D eigenvalue weighted by atomic mass is 19.2. The average molecular weight is 385 g/mol. The van der Waals surface area contributed by atoms with Gasteiger partial charge in [0.05, 0.1) is 19.9 Å². The third kappa shape index (κ3) is 4.35. The van der Waals surface area contributed by atoms with Crippen LogP contribution >= 0.6 is 0 Å². The van der Waals surface area contributed by atoms with Crippen LogP contribution in [-0.4, -0.2) is 25.1 Å². The molecule has 144 valence electrons. The molecule has 1 aromatic heterocycles. The molecule has 0 bridgehead atoms. The Balaban J connectivity index is 1.78. The highest BCUT2D eigenvalue weighted by Crippen LogP contribution is 2.31. The van der Waals surface area contributed by atoms with Crippen molar-refractivity contribution in [2.24, 2.45) is 0 Å². The van der Waals surface area contributed by atoms with Crippen LogP contribution in [0.25, 0.3) is 0 Å². The van der Waals surface area contributed by atoms with Gasteiger partial charge in [-0.15, -0.1) is 0 Å². The van der Waals surface area contributed by atoms with Crippen molar-refractivity contribution in [3.63, 3.8) is 0 Å². The first-order valence-electron chi connectivity index (χ1n) is 8.21. The first-order valence-corrected chi connectivity index (χ1v) is 8.21. The number of hydrogen-bond donors (Lipinski definition) is 2. The number of methoxy groups -OCH3 is 2. The van der Waals surface area contributed by atoms with Crippen LogP contribution in [0.3, 0.4) is 0 Å². The van der Waals surface area contributed by atoms with Crippen molar-refractivity contribution in [2.45, 2.75) is 0 Å². The lowest BCUT2D eigenvalue weighted by atomic mass is 10.2. The quantitative estimate of drug-likeness (QED) is 0.659. The number of nitrogens with zero attached hydrogens (tertiary/aromatic N) is 1. The Morgan fingerprint density at radius 2 is 1.75 bits per heavy atom. The number of pyridine rings is 1. The zero-order chi connectivity index (χ0) is 20.1. The lowest BCUT2D eigenvalue weighted by Gasteiger charge is -2.13. The molecule has 2 aromatic carbocycles. The van der Waals surface area contributed by atoms with Gasteiger partial charge in [0.15, 0.2) is 11.6 Å². The van der Waals surface area contributed by atoms with Crippen molar-refractivity contribution in [1.29, 1.82) is 0 Å². The van der Waals surface area contributed by atoms with Crippen LogP contribution in [0.15, 0.2) is 54.7 Å². The van der Waals surface area contributed by atoms with Gasteiger partial charge in [-0.25, -0.2) is 8.78 Å². The second-order valence-corrected chi connectivity index (χ2v) is 5.70. The van der Waals surface area contributed by atoms with Gasteiger partial charge in [0.25, 0.3) is 5.91 Å². The first-order chi connectivity index (χ1) is 13.5. The van der Waals surface area contributed by atoms with Crippen LogP contribution in [0.1, 0.15) is 10.5 Å². The third-order valence-corrected chi connectivity index (χ3v) is 3.86. The van der Waals surface area contributed by atoms with Crippen LogP contribution in [0, 0.1) is 11.6 Å². The molecule has 0 aliphatic heterocycles. The average Bonchev–Trinajstić information content (AvgIpc) is 2.71. The van der Waals surface area contributed by atoms with E-state index < -0.39 is 17.5 Å². The number of aromatic nitrogens is 1. The molecule has 28 heavy (non-hydrogen) atoms. The van der Waals surface area contributed by atoms with Gasteiger partial charge >= 0.3 is 0 Å². The summed E-state index contributed by atoms with van der Waals surface area (Å²) in [5, 5.41) is 5.62. The third-order valence-electron chi connectivity index (χ3n) is 3.86. The summed E-state index contributed by atoms with van der Waals surface area (Å²) in [6, 6.07) is 11.6. The standard InChI is InChI=1S/C20H17F2N3O3/c1-27-14-4-6-17(19(11-14)28-2)24-13-7-8-23-18(10-13)20(26)25-12-3-5-15(21)16(22)9-12/h3-11H,1-2H3,(H,23,24)(H,25,26). The Hall–Kier alpha value is -3.68. The van der Waals surface area contributed by atoms with Gasteiger partial charge in [0.1, 0.15) is 17.2 Å². The summed E-state index contributed by atoms with van der Waals surface area (Å²) in [5.74, 6) is -1.40. The minimum Gasteiger partial charge on any atom is -0.497 e. The van der Waals surface area contributed by atoms with E-state index in [9.17, 15) is 13.6 Å². The second kappa shape index (κ2) is 8.34. The lowest BCUT2D eigenvalue weighted by molar-refractivity contribution is 0.102. The molecule has 3 aromatic rings. The number of nitrogens with one attached hydrogen (secondary N) is 2. The van der Waals surface area contributed by atoms with E-state index in [1.165, 1.54) is 25.4 Å². The first kappa shape index (κ1) is 19.1. The summed E-state index contributed by atoms with van der Waals surface area (Å²) in [6.45, 7) is 0. The maximum Gasteiger partial charge on any atom is 0.274 e. The molecule has 8 heteroatoms. The smallest absolute Gasteiger partial charge is 0.274 e. The molecular weight excluding hydrogens is 368 g/mol. The summed E-state index contributed by atoms with van der Waals surface area (Å²) >= 11 is 0. The van der Waals surface area contributed by atoms with Crippen molar-refractivity contribution in [2.75, 3.05) is 24.9 Å². The van der Waals surface area contributed by atoms with E-state index in [0.717, 1.165) is 12.1 Å². The number of ether oxygens (including phenoxy) is 2. The number of carbonyl (C=O) groups excluding carboxylic acids is 1. The van der Waals surface area contributed by atoms with E-state index in [2.05, 4.69) is 15.6 Å². The number of halogens is 2. The topological polar surface area (TPSA) is 72.5 Å². The van der Waals surface area contributed by atoms with E-state index in [-0.39, 0.29) is 11.4 Å². The molecule has 3 rings (SSSR count). The maximum absolute atomic E-state index is 13.3. The number of hydrogen-bond acceptors (Lipinski definition) is 5. The van der Waals surface area contributed by atoms with Crippen LogP contribution in [0.2, 0.25) is 0 Å². The van der Waals surface area contributed by atoms with Gasteiger partial charge in [-0.05, 0) is 36.4 Å². The molecule has 6 nitrogen and oxygen atoms in total. The SMILES string of the molecule is COc1ccc(Nc2ccnc(C(=O)Nc3ccc(F)c(F)c3)c2)c(OC)c1. The number of rotatable bonds is 6. The predicted molar refractivity (Wildman–Crippen MR) is 101 cm³/mol. The molecule has 1 heterocycles. The summed E-state index contributed by atoms with van der Waals surface area (Å²) < 4.78 is 36.8. The monoisotopic (exact) mass is 385 g/mol. The number of benzene rings is 2. The number of amides is 1. The molecule has 0 unspecified atom stereocenters. The maximum atomic E-state index is 13.3. The van der Waals surface area contributed by atoms with Crippen molar-refractivity contribution in [1.82, 2.24) is 4.98 Å². The fraction of sp³-hybridized carbons (Fsp3) is 0.100. The Morgan fingerprint density at radius 3 is 2.46 bits per heavy atom. The van der Waals surface area contributed by atoms with Gasteiger partial charge < -0.3 is 20.1 Å². The minimum atomic E-state index is -1.05. The molecule has 0 spiro atoms. The van der Waals surface area contributed by atoms with Gasteiger partial charge in [0, 0.05) is 29.7 Å². The Bertz CT molecular complexity index is 1010. The van der Waals surface area contributed by atoms with Crippen molar-refractivity contribution in [3.05, 3.63) is 72.1 Å². The predicted octanol–water partition coefficient (Wildman–Crippen LogP) is 4.37. The summed E-state index contributed by atoms with van der Waals surface area (Å²) in [6.07, 6.45) is 1.46. The van der Waals surface area contributed by atoms with E-state index in [4.69, 9.17) is 9.47 Å². The fourth-order valence-electron chi connectivity index (χ4n) is 2.46. The van der Waals surface area contributed by atoms with E-state index in [1.54, 1.807) is 31.4 Å². The Labute approximate surface area is 160 Å². The minimum absolute atomic E-state index is 0.0993. The molecule has 0 radical (unpaired) electrons. The molecule has 2 N–H and O–H groups in total. The normalized spacial score (nSPS) is 10.3. The zero-order valence-electron chi connectivity index (χ0n) is 15.1. The second-order valence-electron chi connectivity index (χ2n) is 5.70. The molecule has 0 saturated heterocycles. The molecule has 1 amide bonds. The fourth-order valence-corrected chi connectivity index (χ4v) is 2.46.